The summed E-state index contributed by atoms with van der Waals surface area (Å²) in [5, 5.41) is 9.66. The van der Waals surface area contributed by atoms with E-state index >= 15 is 0 Å². The molecule has 1 fully saturated rings. The molecule has 1 heterocycles. The molecule has 0 amide bonds. The van der Waals surface area contributed by atoms with Gasteiger partial charge in [-0.25, -0.2) is 0 Å². The van der Waals surface area contributed by atoms with Crippen LogP contribution in [0.1, 0.15) is 31.9 Å². The topological polar surface area (TPSA) is 33.4 Å². The smallest absolute Gasteiger partial charge is 0.126 e. The first-order valence-corrected chi connectivity index (χ1v) is 4.61. The zero-order valence-electron chi connectivity index (χ0n) is 7.79. The van der Waals surface area contributed by atoms with Crippen LogP contribution < -0.4 is 0 Å². The molecule has 1 aromatic heterocycles. The minimum atomic E-state index is -0.396. The standard InChI is InChI=1S/C11H14O2/c1-9(8-11(12)4-5-11)7-10-3-2-6-13-10/h2-3,6-7,12H,4-5,8H2,1H3/b9-7+. The van der Waals surface area contributed by atoms with Gasteiger partial charge in [0.15, 0.2) is 0 Å². The Labute approximate surface area is 77.9 Å². The van der Waals surface area contributed by atoms with Crippen LogP contribution in [0, 0.1) is 0 Å². The quantitative estimate of drug-likeness (QED) is 0.771. The third kappa shape index (κ3) is 2.22. The van der Waals surface area contributed by atoms with Crippen LogP contribution >= 0.6 is 0 Å². The zero-order valence-corrected chi connectivity index (χ0v) is 7.79. The highest BCUT2D eigenvalue weighted by Crippen LogP contribution is 2.40. The van der Waals surface area contributed by atoms with Crippen LogP contribution in [-0.2, 0) is 0 Å². The summed E-state index contributed by atoms with van der Waals surface area (Å²) in [4.78, 5) is 0. The van der Waals surface area contributed by atoms with E-state index in [1.54, 1.807) is 6.26 Å². The van der Waals surface area contributed by atoms with E-state index in [0.29, 0.717) is 0 Å². The molecule has 0 bridgehead atoms. The second kappa shape index (κ2) is 3.04. The molecule has 0 unspecified atom stereocenters. The van der Waals surface area contributed by atoms with E-state index in [1.807, 2.05) is 25.1 Å². The normalized spacial score (nSPS) is 20.3. The lowest BCUT2D eigenvalue weighted by Gasteiger charge is -2.06. The van der Waals surface area contributed by atoms with Gasteiger partial charge in [0.25, 0.3) is 0 Å². The molecule has 13 heavy (non-hydrogen) atoms. The van der Waals surface area contributed by atoms with Crippen molar-refractivity contribution in [3.05, 3.63) is 29.7 Å². The first-order chi connectivity index (χ1) is 6.18. The van der Waals surface area contributed by atoms with Gasteiger partial charge in [-0.2, -0.15) is 0 Å². The molecule has 2 rings (SSSR count). The molecule has 0 aromatic carbocycles. The van der Waals surface area contributed by atoms with Crippen molar-refractivity contribution in [3.8, 4) is 0 Å². The van der Waals surface area contributed by atoms with E-state index in [4.69, 9.17) is 4.42 Å². The SMILES string of the molecule is C/C(=C\c1ccco1)CC1(O)CC1. The molecule has 2 nitrogen and oxygen atoms in total. The molecular formula is C11H14O2. The van der Waals surface area contributed by atoms with Gasteiger partial charge in [-0.3, -0.25) is 0 Å². The Bertz CT molecular complexity index is 305. The summed E-state index contributed by atoms with van der Waals surface area (Å²) >= 11 is 0. The van der Waals surface area contributed by atoms with Gasteiger partial charge in [0.05, 0.1) is 11.9 Å². The van der Waals surface area contributed by atoms with Crippen LogP contribution in [0.15, 0.2) is 28.4 Å². The lowest BCUT2D eigenvalue weighted by molar-refractivity contribution is 0.151. The summed E-state index contributed by atoms with van der Waals surface area (Å²) in [6.07, 6.45) is 6.29. The van der Waals surface area contributed by atoms with Crippen LogP contribution in [0.2, 0.25) is 0 Å². The van der Waals surface area contributed by atoms with Gasteiger partial charge in [-0.1, -0.05) is 5.57 Å². The average molecular weight is 178 g/mol. The Morgan fingerprint density at radius 3 is 3.00 bits per heavy atom. The molecule has 2 heteroatoms. The van der Waals surface area contributed by atoms with E-state index in [0.717, 1.165) is 25.0 Å². The lowest BCUT2D eigenvalue weighted by Crippen LogP contribution is -2.06. The van der Waals surface area contributed by atoms with E-state index in [9.17, 15) is 5.11 Å². The molecule has 0 radical (unpaired) electrons. The van der Waals surface area contributed by atoms with Crippen molar-refractivity contribution in [1.82, 2.24) is 0 Å². The van der Waals surface area contributed by atoms with E-state index in [2.05, 4.69) is 0 Å². The summed E-state index contributed by atoms with van der Waals surface area (Å²) in [6, 6.07) is 3.78. The van der Waals surface area contributed by atoms with E-state index in [-0.39, 0.29) is 0 Å². The fourth-order valence-corrected chi connectivity index (χ4v) is 1.51. The molecule has 1 N–H and O–H groups in total. The van der Waals surface area contributed by atoms with Crippen molar-refractivity contribution in [2.75, 3.05) is 0 Å². The highest BCUT2D eigenvalue weighted by atomic mass is 16.3. The summed E-state index contributed by atoms with van der Waals surface area (Å²) < 4.78 is 5.18. The molecule has 0 saturated heterocycles. The van der Waals surface area contributed by atoms with Crippen molar-refractivity contribution < 1.29 is 9.52 Å². The summed E-state index contributed by atoms with van der Waals surface area (Å²) in [7, 11) is 0. The molecule has 70 valence electrons. The first kappa shape index (κ1) is 8.57. The number of furan rings is 1. The monoisotopic (exact) mass is 178 g/mol. The Morgan fingerprint density at radius 2 is 2.46 bits per heavy atom. The number of aliphatic hydroxyl groups is 1. The predicted octanol–water partition coefficient (Wildman–Crippen LogP) is 2.60. The Morgan fingerprint density at radius 1 is 1.69 bits per heavy atom. The van der Waals surface area contributed by atoms with E-state index in [1.165, 1.54) is 5.57 Å². The van der Waals surface area contributed by atoms with Crippen LogP contribution in [0.4, 0.5) is 0 Å². The first-order valence-electron chi connectivity index (χ1n) is 4.61. The van der Waals surface area contributed by atoms with Crippen LogP contribution in [0.5, 0.6) is 0 Å². The van der Waals surface area contributed by atoms with Crippen LogP contribution in [0.3, 0.4) is 0 Å². The maximum atomic E-state index is 9.66. The third-order valence-corrected chi connectivity index (χ3v) is 2.37. The number of rotatable bonds is 3. The second-order valence-corrected chi connectivity index (χ2v) is 3.91. The zero-order chi connectivity index (χ0) is 9.31. The van der Waals surface area contributed by atoms with Gasteiger partial charge in [0.1, 0.15) is 5.76 Å². The molecule has 0 spiro atoms. The van der Waals surface area contributed by atoms with Gasteiger partial charge >= 0.3 is 0 Å². The van der Waals surface area contributed by atoms with Crippen molar-refractivity contribution in [1.29, 1.82) is 0 Å². The molecular weight excluding hydrogens is 164 g/mol. The molecule has 1 aliphatic carbocycles. The van der Waals surface area contributed by atoms with Crippen molar-refractivity contribution >= 4 is 6.08 Å². The van der Waals surface area contributed by atoms with Gasteiger partial charge in [0.2, 0.25) is 0 Å². The Kier molecular flexibility index (Phi) is 2.00. The highest BCUT2D eigenvalue weighted by molar-refractivity contribution is 5.46. The fraction of sp³-hybridized carbons (Fsp3) is 0.455. The summed E-state index contributed by atoms with van der Waals surface area (Å²) in [6.45, 7) is 2.03. The largest absolute Gasteiger partial charge is 0.465 e. The molecule has 1 aromatic rings. The Balaban J connectivity index is 2.00. The number of hydrogen-bond donors (Lipinski definition) is 1. The highest BCUT2D eigenvalue weighted by Gasteiger charge is 2.39. The van der Waals surface area contributed by atoms with Crippen LogP contribution in [-0.4, -0.2) is 10.7 Å². The fourth-order valence-electron chi connectivity index (χ4n) is 1.51. The average Bonchev–Trinajstić information content (AvgIpc) is 2.61. The number of hydrogen-bond acceptors (Lipinski definition) is 2. The molecule has 0 atom stereocenters. The Hall–Kier alpha value is -1.02. The maximum absolute atomic E-state index is 9.66. The predicted molar refractivity (Wildman–Crippen MR) is 51.2 cm³/mol. The second-order valence-electron chi connectivity index (χ2n) is 3.91. The van der Waals surface area contributed by atoms with Gasteiger partial charge < -0.3 is 9.52 Å². The van der Waals surface area contributed by atoms with Crippen molar-refractivity contribution in [2.24, 2.45) is 0 Å². The van der Waals surface area contributed by atoms with Crippen molar-refractivity contribution in [2.45, 2.75) is 31.8 Å². The minimum Gasteiger partial charge on any atom is -0.465 e. The minimum absolute atomic E-state index is 0.396. The lowest BCUT2D eigenvalue weighted by atomic mass is 10.1. The summed E-state index contributed by atoms with van der Waals surface area (Å²) in [5.74, 6) is 0.863. The summed E-state index contributed by atoms with van der Waals surface area (Å²) in [5.41, 5.74) is 0.780. The van der Waals surface area contributed by atoms with Crippen LogP contribution in [0.25, 0.3) is 6.08 Å². The van der Waals surface area contributed by atoms with Gasteiger partial charge in [-0.15, -0.1) is 0 Å². The van der Waals surface area contributed by atoms with Crippen molar-refractivity contribution in [3.63, 3.8) is 0 Å². The van der Waals surface area contributed by atoms with E-state index < -0.39 is 5.60 Å². The third-order valence-electron chi connectivity index (χ3n) is 2.37. The molecule has 0 aliphatic heterocycles. The van der Waals surface area contributed by atoms with Gasteiger partial charge in [-0.05, 0) is 44.4 Å². The maximum Gasteiger partial charge on any atom is 0.126 e. The molecule has 1 aliphatic rings. The van der Waals surface area contributed by atoms with Gasteiger partial charge in [0, 0.05) is 0 Å². The molecule has 1 saturated carbocycles.